The highest BCUT2D eigenvalue weighted by atomic mass is 79.9. The molecule has 5 nitrogen and oxygen atoms in total. The Hall–Kier alpha value is -0.900. The van der Waals surface area contributed by atoms with Crippen molar-refractivity contribution >= 4 is 15.9 Å². The van der Waals surface area contributed by atoms with E-state index in [-0.39, 0.29) is 6.04 Å². The summed E-state index contributed by atoms with van der Waals surface area (Å²) in [6.07, 6.45) is 7.23. The molecule has 1 unspecified atom stereocenters. The SMILES string of the molecule is Cn1cnc(C(C#N)N2CCN(C3CCCC3)CC2)c1Br. The summed E-state index contributed by atoms with van der Waals surface area (Å²) >= 11 is 3.54. The molecule has 0 bridgehead atoms. The highest BCUT2D eigenvalue weighted by Crippen LogP contribution is 2.29. The summed E-state index contributed by atoms with van der Waals surface area (Å²) in [5.41, 5.74) is 0.842. The molecule has 0 amide bonds. The van der Waals surface area contributed by atoms with Crippen molar-refractivity contribution in [2.24, 2.45) is 7.05 Å². The second-order valence-electron chi connectivity index (χ2n) is 6.07. The van der Waals surface area contributed by atoms with Gasteiger partial charge in [0.05, 0.1) is 12.4 Å². The van der Waals surface area contributed by atoms with Crippen LogP contribution in [-0.4, -0.2) is 51.6 Å². The molecule has 6 heteroatoms. The molecular formula is C15H22BrN5. The number of nitrogens with zero attached hydrogens (tertiary/aromatic N) is 5. The maximum atomic E-state index is 9.57. The molecule has 21 heavy (non-hydrogen) atoms. The zero-order valence-electron chi connectivity index (χ0n) is 12.5. The number of halogens is 1. The molecule has 1 saturated carbocycles. The van der Waals surface area contributed by atoms with E-state index in [0.717, 1.165) is 42.5 Å². The number of aromatic nitrogens is 2. The van der Waals surface area contributed by atoms with Gasteiger partial charge in [0, 0.05) is 39.3 Å². The lowest BCUT2D eigenvalue weighted by Crippen LogP contribution is -2.50. The maximum Gasteiger partial charge on any atom is 0.143 e. The Morgan fingerprint density at radius 3 is 2.48 bits per heavy atom. The van der Waals surface area contributed by atoms with Gasteiger partial charge in [0.2, 0.25) is 0 Å². The van der Waals surface area contributed by atoms with Gasteiger partial charge >= 0.3 is 0 Å². The molecular weight excluding hydrogens is 330 g/mol. The van der Waals surface area contributed by atoms with Crippen molar-refractivity contribution in [3.8, 4) is 6.07 Å². The first-order chi connectivity index (χ1) is 10.2. The molecule has 1 aromatic heterocycles. The van der Waals surface area contributed by atoms with E-state index in [2.05, 4.69) is 36.8 Å². The Labute approximate surface area is 134 Å². The van der Waals surface area contributed by atoms with Gasteiger partial charge in [0.15, 0.2) is 0 Å². The summed E-state index contributed by atoms with van der Waals surface area (Å²) in [6, 6.07) is 2.97. The Balaban J connectivity index is 1.64. The van der Waals surface area contributed by atoms with Crippen molar-refractivity contribution < 1.29 is 0 Å². The van der Waals surface area contributed by atoms with Gasteiger partial charge in [-0.3, -0.25) is 9.80 Å². The molecule has 0 spiro atoms. The summed E-state index contributed by atoms with van der Waals surface area (Å²) in [4.78, 5) is 9.28. The second-order valence-corrected chi connectivity index (χ2v) is 6.82. The lowest BCUT2D eigenvalue weighted by atomic mass is 10.1. The highest BCUT2D eigenvalue weighted by Gasteiger charge is 2.31. The monoisotopic (exact) mass is 351 g/mol. The minimum Gasteiger partial charge on any atom is -0.328 e. The molecule has 3 rings (SSSR count). The van der Waals surface area contributed by atoms with Crippen LogP contribution < -0.4 is 0 Å². The largest absolute Gasteiger partial charge is 0.328 e. The van der Waals surface area contributed by atoms with Crippen LogP contribution in [-0.2, 0) is 7.05 Å². The first kappa shape index (κ1) is 15.0. The average molecular weight is 352 g/mol. The van der Waals surface area contributed by atoms with Gasteiger partial charge < -0.3 is 4.57 Å². The number of aryl methyl sites for hydroxylation is 1. The van der Waals surface area contributed by atoms with Gasteiger partial charge in [-0.25, -0.2) is 4.98 Å². The fraction of sp³-hybridized carbons (Fsp3) is 0.733. The summed E-state index contributed by atoms with van der Waals surface area (Å²) < 4.78 is 2.82. The quantitative estimate of drug-likeness (QED) is 0.838. The van der Waals surface area contributed by atoms with Gasteiger partial charge in [-0.1, -0.05) is 12.8 Å². The smallest absolute Gasteiger partial charge is 0.143 e. The van der Waals surface area contributed by atoms with Crippen LogP contribution >= 0.6 is 15.9 Å². The van der Waals surface area contributed by atoms with Gasteiger partial charge in [0.1, 0.15) is 16.3 Å². The summed E-state index contributed by atoms with van der Waals surface area (Å²) in [5.74, 6) is 0. The zero-order valence-corrected chi connectivity index (χ0v) is 14.1. The van der Waals surface area contributed by atoms with Crippen molar-refractivity contribution in [3.63, 3.8) is 0 Å². The predicted octanol–water partition coefficient (Wildman–Crippen LogP) is 2.31. The molecule has 1 aliphatic carbocycles. The number of imidazole rings is 1. The molecule has 1 aliphatic heterocycles. The number of hydrogen-bond donors (Lipinski definition) is 0. The summed E-state index contributed by atoms with van der Waals surface area (Å²) in [6.45, 7) is 4.07. The fourth-order valence-corrected chi connectivity index (χ4v) is 3.97. The molecule has 2 fully saturated rings. The lowest BCUT2D eigenvalue weighted by molar-refractivity contribution is 0.0829. The molecule has 2 heterocycles. The summed E-state index contributed by atoms with van der Waals surface area (Å²) in [5, 5.41) is 9.57. The van der Waals surface area contributed by atoms with Gasteiger partial charge in [-0.15, -0.1) is 0 Å². The maximum absolute atomic E-state index is 9.57. The molecule has 0 radical (unpaired) electrons. The molecule has 1 saturated heterocycles. The van der Waals surface area contributed by atoms with E-state index in [0.29, 0.717) is 0 Å². The molecule has 114 valence electrons. The Morgan fingerprint density at radius 1 is 1.29 bits per heavy atom. The van der Waals surface area contributed by atoms with Gasteiger partial charge in [-0.2, -0.15) is 5.26 Å². The normalized spacial score (nSPS) is 23.3. The van der Waals surface area contributed by atoms with E-state index >= 15 is 0 Å². The average Bonchev–Trinajstić information content (AvgIpc) is 3.14. The first-order valence-corrected chi connectivity index (χ1v) is 8.54. The topological polar surface area (TPSA) is 48.1 Å². The third kappa shape index (κ3) is 3.01. The van der Waals surface area contributed by atoms with E-state index in [9.17, 15) is 5.26 Å². The van der Waals surface area contributed by atoms with Crippen molar-refractivity contribution in [3.05, 3.63) is 16.6 Å². The van der Waals surface area contributed by atoms with Crippen molar-refractivity contribution in [1.82, 2.24) is 19.4 Å². The van der Waals surface area contributed by atoms with Crippen LogP contribution in [0.25, 0.3) is 0 Å². The van der Waals surface area contributed by atoms with E-state index in [1.54, 1.807) is 6.33 Å². The minimum absolute atomic E-state index is 0.244. The Morgan fingerprint density at radius 2 is 1.95 bits per heavy atom. The fourth-order valence-electron chi connectivity index (χ4n) is 3.56. The van der Waals surface area contributed by atoms with Crippen molar-refractivity contribution in [2.45, 2.75) is 37.8 Å². The van der Waals surface area contributed by atoms with E-state index < -0.39 is 0 Å². The molecule has 2 aliphatic rings. The second kappa shape index (κ2) is 6.47. The van der Waals surface area contributed by atoms with E-state index in [4.69, 9.17) is 0 Å². The predicted molar refractivity (Wildman–Crippen MR) is 84.7 cm³/mol. The Kier molecular flexibility index (Phi) is 4.63. The van der Waals surface area contributed by atoms with E-state index in [1.165, 1.54) is 25.7 Å². The number of hydrogen-bond acceptors (Lipinski definition) is 4. The molecule has 1 atom stereocenters. The third-order valence-electron chi connectivity index (χ3n) is 4.83. The van der Waals surface area contributed by atoms with E-state index in [1.807, 2.05) is 11.6 Å². The minimum atomic E-state index is -0.244. The highest BCUT2D eigenvalue weighted by molar-refractivity contribution is 9.10. The van der Waals surface area contributed by atoms with Crippen LogP contribution in [0, 0.1) is 11.3 Å². The van der Waals surface area contributed by atoms with Crippen LogP contribution in [0.5, 0.6) is 0 Å². The number of piperazine rings is 1. The molecule has 0 N–H and O–H groups in total. The van der Waals surface area contributed by atoms with Gasteiger partial charge in [-0.05, 0) is 28.8 Å². The van der Waals surface area contributed by atoms with Crippen LogP contribution in [0.4, 0.5) is 0 Å². The van der Waals surface area contributed by atoms with Crippen LogP contribution in [0.3, 0.4) is 0 Å². The van der Waals surface area contributed by atoms with Crippen molar-refractivity contribution in [1.29, 1.82) is 5.26 Å². The number of rotatable bonds is 3. The van der Waals surface area contributed by atoms with Crippen LogP contribution in [0.2, 0.25) is 0 Å². The van der Waals surface area contributed by atoms with Gasteiger partial charge in [0.25, 0.3) is 0 Å². The zero-order chi connectivity index (χ0) is 14.8. The summed E-state index contributed by atoms with van der Waals surface area (Å²) in [7, 11) is 1.94. The molecule has 0 aromatic carbocycles. The molecule has 1 aromatic rings. The standard InChI is InChI=1S/C15H22BrN5/c1-19-11-18-14(15(19)16)13(10-17)21-8-6-20(7-9-21)12-4-2-3-5-12/h11-13H,2-9H2,1H3. The third-order valence-corrected chi connectivity index (χ3v) is 5.79. The number of nitriles is 1. The van der Waals surface area contributed by atoms with Crippen LogP contribution in [0.1, 0.15) is 37.4 Å². The van der Waals surface area contributed by atoms with Crippen molar-refractivity contribution in [2.75, 3.05) is 26.2 Å². The lowest BCUT2D eigenvalue weighted by Gasteiger charge is -2.39. The first-order valence-electron chi connectivity index (χ1n) is 7.75. The van der Waals surface area contributed by atoms with Crippen LogP contribution in [0.15, 0.2) is 10.9 Å². The Bertz CT molecular complexity index is 521.